The van der Waals surface area contributed by atoms with Crippen LogP contribution in [-0.2, 0) is 0 Å². The van der Waals surface area contributed by atoms with E-state index in [1.54, 1.807) is 0 Å². The number of carbonyl (C=O) groups is 1. The number of hydrogen-bond acceptors (Lipinski definition) is 4. The lowest BCUT2D eigenvalue weighted by Gasteiger charge is -2.09. The third-order valence-electron chi connectivity index (χ3n) is 5.16. The average Bonchev–Trinajstić information content (AvgIpc) is 2.97. The second-order valence-electron chi connectivity index (χ2n) is 6.98. The Morgan fingerprint density at radius 2 is 1.74 bits per heavy atom. The molecule has 0 saturated carbocycles. The summed E-state index contributed by atoms with van der Waals surface area (Å²) in [6.45, 7) is 8.13. The van der Waals surface area contributed by atoms with Gasteiger partial charge in [-0.05, 0) is 62.1 Å². The molecular formula is C22H21N3OS. The van der Waals surface area contributed by atoms with Crippen molar-refractivity contribution in [3.63, 3.8) is 0 Å². The summed E-state index contributed by atoms with van der Waals surface area (Å²) in [6.07, 6.45) is 0. The molecule has 0 radical (unpaired) electrons. The lowest BCUT2D eigenvalue weighted by molar-refractivity contribution is 0.103. The van der Waals surface area contributed by atoms with Crippen LogP contribution >= 0.6 is 11.3 Å². The minimum atomic E-state index is -0.193. The molecule has 1 amide bonds. The third kappa shape index (κ3) is 2.84. The van der Waals surface area contributed by atoms with Crippen LogP contribution in [0.2, 0.25) is 0 Å². The second kappa shape index (κ2) is 6.35. The number of carbonyl (C=O) groups excluding carboxylic acids is 1. The van der Waals surface area contributed by atoms with E-state index in [-0.39, 0.29) is 5.91 Å². The van der Waals surface area contributed by atoms with Crippen LogP contribution in [0.25, 0.3) is 21.1 Å². The molecule has 0 fully saturated rings. The van der Waals surface area contributed by atoms with Crippen LogP contribution in [0.15, 0.2) is 36.4 Å². The maximum atomic E-state index is 12.9. The Labute approximate surface area is 162 Å². The van der Waals surface area contributed by atoms with Gasteiger partial charge in [0.15, 0.2) is 0 Å². The van der Waals surface area contributed by atoms with Crippen molar-refractivity contribution >= 4 is 49.7 Å². The summed E-state index contributed by atoms with van der Waals surface area (Å²) in [6, 6.07) is 12.1. The van der Waals surface area contributed by atoms with Gasteiger partial charge < -0.3 is 11.1 Å². The van der Waals surface area contributed by atoms with Gasteiger partial charge in [-0.15, -0.1) is 11.3 Å². The van der Waals surface area contributed by atoms with Crippen LogP contribution in [0.1, 0.15) is 31.9 Å². The number of nitrogen functional groups attached to an aromatic ring is 1. The molecule has 0 saturated heterocycles. The quantitative estimate of drug-likeness (QED) is 0.485. The van der Waals surface area contributed by atoms with Crippen LogP contribution in [0.4, 0.5) is 11.4 Å². The van der Waals surface area contributed by atoms with Gasteiger partial charge >= 0.3 is 0 Å². The second-order valence-corrected chi connectivity index (χ2v) is 7.98. The number of anilines is 2. The van der Waals surface area contributed by atoms with E-state index >= 15 is 0 Å². The molecule has 2 aromatic heterocycles. The SMILES string of the molecule is Cc1cccc(NC(=O)c2sc3nc4c(C)ccc(C)c4cc3c2N)c1C. The first-order valence-electron chi connectivity index (χ1n) is 8.83. The molecule has 0 aliphatic rings. The van der Waals surface area contributed by atoms with Gasteiger partial charge in [0.2, 0.25) is 0 Å². The highest BCUT2D eigenvalue weighted by Gasteiger charge is 2.19. The first kappa shape index (κ1) is 17.5. The molecule has 0 bridgehead atoms. The van der Waals surface area contributed by atoms with Crippen molar-refractivity contribution in [2.45, 2.75) is 27.7 Å². The summed E-state index contributed by atoms with van der Waals surface area (Å²) >= 11 is 1.34. The number of pyridine rings is 1. The molecule has 27 heavy (non-hydrogen) atoms. The zero-order valence-electron chi connectivity index (χ0n) is 15.8. The summed E-state index contributed by atoms with van der Waals surface area (Å²) in [7, 11) is 0. The molecule has 3 N–H and O–H groups in total. The van der Waals surface area contributed by atoms with E-state index in [0.717, 1.165) is 49.1 Å². The van der Waals surface area contributed by atoms with Crippen molar-refractivity contribution < 1.29 is 4.79 Å². The van der Waals surface area contributed by atoms with E-state index in [2.05, 4.69) is 30.4 Å². The maximum absolute atomic E-state index is 12.9. The highest BCUT2D eigenvalue weighted by Crippen LogP contribution is 2.36. The van der Waals surface area contributed by atoms with E-state index in [4.69, 9.17) is 10.7 Å². The number of nitrogens with one attached hydrogen (secondary N) is 1. The molecular weight excluding hydrogens is 354 g/mol. The molecule has 136 valence electrons. The molecule has 2 aromatic carbocycles. The van der Waals surface area contributed by atoms with Crippen LogP contribution in [0, 0.1) is 27.7 Å². The number of amides is 1. The smallest absolute Gasteiger partial charge is 0.267 e. The number of thiophene rings is 1. The molecule has 0 unspecified atom stereocenters. The van der Waals surface area contributed by atoms with Crippen LogP contribution in [-0.4, -0.2) is 10.9 Å². The number of aryl methyl sites for hydroxylation is 3. The number of nitrogens with two attached hydrogens (primary N) is 1. The minimum Gasteiger partial charge on any atom is -0.397 e. The number of rotatable bonds is 2. The maximum Gasteiger partial charge on any atom is 0.267 e. The Morgan fingerprint density at radius 3 is 2.52 bits per heavy atom. The Hall–Kier alpha value is -2.92. The van der Waals surface area contributed by atoms with Gasteiger partial charge in [-0.2, -0.15) is 0 Å². The van der Waals surface area contributed by atoms with Gasteiger partial charge in [0.05, 0.1) is 11.2 Å². The van der Waals surface area contributed by atoms with E-state index in [1.165, 1.54) is 11.3 Å². The fourth-order valence-electron chi connectivity index (χ4n) is 3.30. The first-order valence-corrected chi connectivity index (χ1v) is 9.65. The number of aromatic nitrogens is 1. The topological polar surface area (TPSA) is 68.0 Å². The Balaban J connectivity index is 1.82. The first-order chi connectivity index (χ1) is 12.9. The third-order valence-corrected chi connectivity index (χ3v) is 6.28. The van der Waals surface area contributed by atoms with Gasteiger partial charge in [0, 0.05) is 16.5 Å². The fraction of sp³-hybridized carbons (Fsp3) is 0.182. The zero-order chi connectivity index (χ0) is 19.3. The Morgan fingerprint density at radius 1 is 1.00 bits per heavy atom. The minimum absolute atomic E-state index is 0.193. The number of fused-ring (bicyclic) bond motifs is 2. The van der Waals surface area contributed by atoms with Crippen molar-refractivity contribution in [3.05, 3.63) is 63.5 Å². The highest BCUT2D eigenvalue weighted by molar-refractivity contribution is 7.21. The zero-order valence-corrected chi connectivity index (χ0v) is 16.6. The predicted molar refractivity (Wildman–Crippen MR) is 115 cm³/mol. The van der Waals surface area contributed by atoms with Gasteiger partial charge in [-0.3, -0.25) is 4.79 Å². The van der Waals surface area contributed by atoms with Crippen molar-refractivity contribution in [3.8, 4) is 0 Å². The molecule has 0 spiro atoms. The molecule has 5 heteroatoms. The summed E-state index contributed by atoms with van der Waals surface area (Å²) in [5, 5.41) is 4.91. The van der Waals surface area contributed by atoms with Gasteiger partial charge in [0.1, 0.15) is 9.71 Å². The van der Waals surface area contributed by atoms with Crippen molar-refractivity contribution in [1.29, 1.82) is 0 Å². The molecule has 2 heterocycles. The van der Waals surface area contributed by atoms with E-state index in [9.17, 15) is 4.79 Å². The van der Waals surface area contributed by atoms with E-state index in [0.29, 0.717) is 10.6 Å². The largest absolute Gasteiger partial charge is 0.397 e. The molecule has 4 aromatic rings. The van der Waals surface area contributed by atoms with Crippen LogP contribution in [0.3, 0.4) is 0 Å². The monoisotopic (exact) mass is 375 g/mol. The van der Waals surface area contributed by atoms with E-state index < -0.39 is 0 Å². The van der Waals surface area contributed by atoms with Crippen molar-refractivity contribution in [2.75, 3.05) is 11.1 Å². The molecule has 0 aliphatic heterocycles. The normalized spacial score (nSPS) is 11.3. The lowest BCUT2D eigenvalue weighted by atomic mass is 10.0. The van der Waals surface area contributed by atoms with Crippen LogP contribution < -0.4 is 11.1 Å². The predicted octanol–water partition coefficient (Wildman–Crippen LogP) is 5.52. The standard InChI is InChI=1S/C22H21N3OS/c1-11-6-5-7-17(14(11)4)24-21(26)20-18(23)16-10-15-12(2)8-9-13(3)19(15)25-22(16)27-20/h5-10H,23H2,1-4H3,(H,24,26). The fourth-order valence-corrected chi connectivity index (χ4v) is 4.27. The van der Waals surface area contributed by atoms with Crippen molar-refractivity contribution in [1.82, 2.24) is 4.98 Å². The van der Waals surface area contributed by atoms with Gasteiger partial charge in [-0.25, -0.2) is 4.98 Å². The Kier molecular flexibility index (Phi) is 4.12. The number of hydrogen-bond donors (Lipinski definition) is 2. The number of benzene rings is 2. The average molecular weight is 375 g/mol. The van der Waals surface area contributed by atoms with Gasteiger partial charge in [0.25, 0.3) is 5.91 Å². The Bertz CT molecular complexity index is 1220. The van der Waals surface area contributed by atoms with Gasteiger partial charge in [-0.1, -0.05) is 24.3 Å². The van der Waals surface area contributed by atoms with E-state index in [1.807, 2.05) is 39.0 Å². The molecule has 4 rings (SSSR count). The van der Waals surface area contributed by atoms with Crippen LogP contribution in [0.5, 0.6) is 0 Å². The van der Waals surface area contributed by atoms with Crippen molar-refractivity contribution in [2.24, 2.45) is 0 Å². The lowest BCUT2D eigenvalue weighted by Crippen LogP contribution is -2.13. The molecule has 0 aliphatic carbocycles. The molecule has 4 nitrogen and oxygen atoms in total. The summed E-state index contributed by atoms with van der Waals surface area (Å²) in [4.78, 5) is 19.0. The molecule has 0 atom stereocenters. The summed E-state index contributed by atoms with van der Waals surface area (Å²) in [5.74, 6) is -0.193. The highest BCUT2D eigenvalue weighted by atomic mass is 32.1. The summed E-state index contributed by atoms with van der Waals surface area (Å²) in [5.41, 5.74) is 13.1. The number of nitrogens with zero attached hydrogens (tertiary/aromatic N) is 1. The summed E-state index contributed by atoms with van der Waals surface area (Å²) < 4.78 is 0.